The van der Waals surface area contributed by atoms with E-state index >= 15 is 0 Å². The lowest BCUT2D eigenvalue weighted by molar-refractivity contribution is 0.0951. The van der Waals surface area contributed by atoms with Crippen molar-refractivity contribution >= 4 is 16.9 Å². The van der Waals surface area contributed by atoms with E-state index in [0.717, 1.165) is 22.3 Å². The molecule has 0 saturated heterocycles. The van der Waals surface area contributed by atoms with Gasteiger partial charge in [-0.15, -0.1) is 0 Å². The molecule has 0 fully saturated rings. The van der Waals surface area contributed by atoms with Crippen molar-refractivity contribution in [2.75, 3.05) is 0 Å². The first-order valence-electron chi connectivity index (χ1n) is 7.73. The first kappa shape index (κ1) is 14.3. The van der Waals surface area contributed by atoms with Crippen LogP contribution in [0, 0.1) is 0 Å². The molecule has 5 nitrogen and oxygen atoms in total. The van der Waals surface area contributed by atoms with Crippen molar-refractivity contribution < 1.29 is 4.79 Å². The van der Waals surface area contributed by atoms with E-state index in [4.69, 9.17) is 0 Å². The highest BCUT2D eigenvalue weighted by atomic mass is 16.1. The molecule has 2 aromatic carbocycles. The Morgan fingerprint density at radius 2 is 1.88 bits per heavy atom. The molecule has 5 heteroatoms. The van der Waals surface area contributed by atoms with Crippen molar-refractivity contribution in [2.24, 2.45) is 0 Å². The van der Waals surface area contributed by atoms with Crippen LogP contribution in [0.3, 0.4) is 0 Å². The number of carbonyl (C=O) groups is 1. The first-order valence-corrected chi connectivity index (χ1v) is 7.73. The molecule has 2 aromatic heterocycles. The van der Waals surface area contributed by atoms with Gasteiger partial charge in [0.1, 0.15) is 0 Å². The van der Waals surface area contributed by atoms with Crippen molar-refractivity contribution in [1.29, 1.82) is 0 Å². The van der Waals surface area contributed by atoms with Gasteiger partial charge < -0.3 is 14.9 Å². The molecule has 4 rings (SSSR count). The number of aromatic amines is 1. The van der Waals surface area contributed by atoms with Gasteiger partial charge in [0.25, 0.3) is 5.91 Å². The number of imidazole rings is 1. The van der Waals surface area contributed by atoms with Gasteiger partial charge in [0.15, 0.2) is 0 Å². The average Bonchev–Trinajstić information content (AvgIpc) is 3.31. The van der Waals surface area contributed by atoms with E-state index in [2.05, 4.69) is 15.3 Å². The predicted octanol–water partition coefficient (Wildman–Crippen LogP) is 3.28. The minimum absolute atomic E-state index is 0.0845. The van der Waals surface area contributed by atoms with Gasteiger partial charge in [0.05, 0.1) is 17.4 Å². The molecule has 1 amide bonds. The fourth-order valence-corrected chi connectivity index (χ4v) is 2.67. The lowest BCUT2D eigenvalue weighted by Crippen LogP contribution is -2.22. The number of hydrogen-bond acceptors (Lipinski definition) is 2. The molecule has 0 radical (unpaired) electrons. The predicted molar refractivity (Wildman–Crippen MR) is 93.0 cm³/mol. The van der Waals surface area contributed by atoms with E-state index in [-0.39, 0.29) is 5.91 Å². The van der Waals surface area contributed by atoms with Gasteiger partial charge in [0, 0.05) is 30.2 Å². The number of nitrogens with zero attached hydrogens (tertiary/aromatic N) is 2. The molecule has 0 aliphatic carbocycles. The van der Waals surface area contributed by atoms with Crippen molar-refractivity contribution in [1.82, 2.24) is 19.9 Å². The molecule has 0 aliphatic heterocycles. The van der Waals surface area contributed by atoms with Crippen LogP contribution in [0.2, 0.25) is 0 Å². The van der Waals surface area contributed by atoms with Crippen LogP contribution in [-0.2, 0) is 6.54 Å². The van der Waals surface area contributed by atoms with Crippen molar-refractivity contribution in [3.63, 3.8) is 0 Å². The zero-order valence-corrected chi connectivity index (χ0v) is 12.9. The van der Waals surface area contributed by atoms with E-state index < -0.39 is 0 Å². The van der Waals surface area contributed by atoms with Gasteiger partial charge in [-0.1, -0.05) is 6.07 Å². The Morgan fingerprint density at radius 3 is 2.67 bits per heavy atom. The third-order valence-electron chi connectivity index (χ3n) is 3.97. The number of rotatable bonds is 4. The Morgan fingerprint density at radius 1 is 1.08 bits per heavy atom. The molecule has 4 aromatic rings. The molecule has 0 saturated carbocycles. The van der Waals surface area contributed by atoms with Crippen LogP contribution < -0.4 is 5.32 Å². The highest BCUT2D eigenvalue weighted by molar-refractivity contribution is 5.94. The quantitative estimate of drug-likeness (QED) is 0.607. The van der Waals surface area contributed by atoms with E-state index in [1.54, 1.807) is 6.33 Å². The van der Waals surface area contributed by atoms with Crippen molar-refractivity contribution in [2.45, 2.75) is 6.54 Å². The number of carbonyl (C=O) groups excluding carboxylic acids is 1. The molecule has 118 valence electrons. The van der Waals surface area contributed by atoms with Gasteiger partial charge in [-0.05, 0) is 54.1 Å². The Kier molecular flexibility index (Phi) is 3.59. The topological polar surface area (TPSA) is 62.7 Å². The number of nitrogens with one attached hydrogen (secondary N) is 2. The normalized spacial score (nSPS) is 10.8. The molecule has 0 spiro atoms. The van der Waals surface area contributed by atoms with Crippen molar-refractivity contribution in [3.8, 4) is 5.69 Å². The van der Waals surface area contributed by atoms with Crippen LogP contribution in [0.15, 0.2) is 73.3 Å². The van der Waals surface area contributed by atoms with Crippen LogP contribution in [0.25, 0.3) is 16.7 Å². The lowest BCUT2D eigenvalue weighted by Gasteiger charge is -2.07. The van der Waals surface area contributed by atoms with Gasteiger partial charge in [-0.25, -0.2) is 4.98 Å². The molecule has 0 bridgehead atoms. The molecule has 2 heterocycles. The van der Waals surface area contributed by atoms with E-state index in [1.807, 2.05) is 71.6 Å². The number of fused-ring (bicyclic) bond motifs is 1. The van der Waals surface area contributed by atoms with Crippen LogP contribution >= 0.6 is 0 Å². The first-order chi connectivity index (χ1) is 11.8. The van der Waals surface area contributed by atoms with Gasteiger partial charge in [0.2, 0.25) is 0 Å². The number of aromatic nitrogens is 3. The zero-order chi connectivity index (χ0) is 16.4. The van der Waals surface area contributed by atoms with Gasteiger partial charge >= 0.3 is 0 Å². The molecular formula is C19H16N4O. The Hall–Kier alpha value is -3.34. The molecule has 2 N–H and O–H groups in total. The summed E-state index contributed by atoms with van der Waals surface area (Å²) in [7, 11) is 0. The molecular weight excluding hydrogens is 300 g/mol. The standard InChI is InChI=1S/C19H16N4O/c24-19(15-4-6-16(7-5-15)23-9-1-2-10-23)20-12-14-3-8-17-18(11-14)22-13-21-17/h1-11,13H,12H2,(H,20,24)(H,21,22). The highest BCUT2D eigenvalue weighted by Gasteiger charge is 2.06. The maximum absolute atomic E-state index is 12.3. The average molecular weight is 316 g/mol. The SMILES string of the molecule is O=C(NCc1ccc2nc[nH]c2c1)c1ccc(-n2cccc2)cc1. The summed E-state index contributed by atoms with van der Waals surface area (Å²) in [6.45, 7) is 0.479. The summed E-state index contributed by atoms with van der Waals surface area (Å²) < 4.78 is 2.00. The van der Waals surface area contributed by atoms with Crippen LogP contribution in [-0.4, -0.2) is 20.4 Å². The highest BCUT2D eigenvalue weighted by Crippen LogP contribution is 2.12. The number of H-pyrrole nitrogens is 1. The summed E-state index contributed by atoms with van der Waals surface area (Å²) in [6.07, 6.45) is 5.61. The second-order valence-corrected chi connectivity index (χ2v) is 5.57. The van der Waals surface area contributed by atoms with Gasteiger partial charge in [-0.3, -0.25) is 4.79 Å². The Balaban J connectivity index is 1.43. The van der Waals surface area contributed by atoms with Crippen LogP contribution in [0.4, 0.5) is 0 Å². The third kappa shape index (κ3) is 2.79. The molecule has 24 heavy (non-hydrogen) atoms. The fraction of sp³-hybridized carbons (Fsp3) is 0.0526. The van der Waals surface area contributed by atoms with E-state index in [9.17, 15) is 4.79 Å². The van der Waals surface area contributed by atoms with Gasteiger partial charge in [-0.2, -0.15) is 0 Å². The fourth-order valence-electron chi connectivity index (χ4n) is 2.67. The summed E-state index contributed by atoms with van der Waals surface area (Å²) in [5.74, 6) is -0.0845. The molecule has 0 aliphatic rings. The maximum atomic E-state index is 12.3. The lowest BCUT2D eigenvalue weighted by atomic mass is 10.1. The monoisotopic (exact) mass is 316 g/mol. The minimum atomic E-state index is -0.0845. The smallest absolute Gasteiger partial charge is 0.251 e. The maximum Gasteiger partial charge on any atom is 0.251 e. The second-order valence-electron chi connectivity index (χ2n) is 5.57. The Labute approximate surface area is 139 Å². The molecule has 0 unspecified atom stereocenters. The summed E-state index contributed by atoms with van der Waals surface area (Å²) in [4.78, 5) is 19.6. The van der Waals surface area contributed by atoms with Crippen LogP contribution in [0.5, 0.6) is 0 Å². The summed E-state index contributed by atoms with van der Waals surface area (Å²) >= 11 is 0. The van der Waals surface area contributed by atoms with E-state index in [0.29, 0.717) is 12.1 Å². The summed E-state index contributed by atoms with van der Waals surface area (Å²) in [6, 6.07) is 17.4. The summed E-state index contributed by atoms with van der Waals surface area (Å²) in [5.41, 5.74) is 4.60. The number of benzene rings is 2. The number of amides is 1. The van der Waals surface area contributed by atoms with Crippen molar-refractivity contribution in [3.05, 3.63) is 84.4 Å². The summed E-state index contributed by atoms with van der Waals surface area (Å²) in [5, 5.41) is 2.95. The van der Waals surface area contributed by atoms with Crippen LogP contribution in [0.1, 0.15) is 15.9 Å². The Bertz CT molecular complexity index is 968. The zero-order valence-electron chi connectivity index (χ0n) is 12.9. The molecule has 0 atom stereocenters. The third-order valence-corrected chi connectivity index (χ3v) is 3.97. The van der Waals surface area contributed by atoms with E-state index in [1.165, 1.54) is 0 Å². The minimum Gasteiger partial charge on any atom is -0.348 e. The second kappa shape index (κ2) is 6.04. The largest absolute Gasteiger partial charge is 0.348 e. The number of hydrogen-bond donors (Lipinski definition) is 2.